The SMILES string of the molecule is Cc1ccc(C(=O)NCCC(N)=S)cc1Br. The number of amides is 1. The van der Waals surface area contributed by atoms with E-state index in [2.05, 4.69) is 21.2 Å². The monoisotopic (exact) mass is 300 g/mol. The molecule has 1 aromatic rings. The second kappa shape index (κ2) is 5.96. The topological polar surface area (TPSA) is 55.1 Å². The van der Waals surface area contributed by atoms with Gasteiger partial charge in [-0.3, -0.25) is 4.79 Å². The van der Waals surface area contributed by atoms with Crippen LogP contribution in [0.1, 0.15) is 22.3 Å². The van der Waals surface area contributed by atoms with E-state index in [1.165, 1.54) is 0 Å². The summed E-state index contributed by atoms with van der Waals surface area (Å²) < 4.78 is 0.925. The Kier molecular flexibility index (Phi) is 4.89. The average Bonchev–Trinajstić information content (AvgIpc) is 2.21. The van der Waals surface area contributed by atoms with Crippen LogP contribution >= 0.6 is 28.1 Å². The summed E-state index contributed by atoms with van der Waals surface area (Å²) >= 11 is 8.11. The Hall–Kier alpha value is -0.940. The lowest BCUT2D eigenvalue weighted by molar-refractivity contribution is 0.0955. The van der Waals surface area contributed by atoms with Crippen LogP contribution in [0.15, 0.2) is 22.7 Å². The van der Waals surface area contributed by atoms with Gasteiger partial charge >= 0.3 is 0 Å². The number of halogens is 1. The summed E-state index contributed by atoms with van der Waals surface area (Å²) in [7, 11) is 0. The molecule has 1 amide bonds. The summed E-state index contributed by atoms with van der Waals surface area (Å²) in [5.74, 6) is -0.114. The van der Waals surface area contributed by atoms with Crippen LogP contribution in [0, 0.1) is 6.92 Å². The molecule has 0 radical (unpaired) electrons. The molecular formula is C11H13BrN2OS. The van der Waals surface area contributed by atoms with Crippen LogP contribution in [0.2, 0.25) is 0 Å². The molecule has 0 aliphatic rings. The molecule has 0 saturated heterocycles. The van der Waals surface area contributed by atoms with Crippen LogP contribution in [0.3, 0.4) is 0 Å². The molecule has 1 rings (SSSR count). The maximum absolute atomic E-state index is 11.7. The molecule has 0 heterocycles. The van der Waals surface area contributed by atoms with Crippen molar-refractivity contribution in [3.63, 3.8) is 0 Å². The van der Waals surface area contributed by atoms with Crippen molar-refractivity contribution < 1.29 is 4.79 Å². The fourth-order valence-corrected chi connectivity index (χ4v) is 1.62. The Morgan fingerprint density at radius 1 is 1.56 bits per heavy atom. The number of nitrogens with one attached hydrogen (secondary N) is 1. The molecule has 3 nitrogen and oxygen atoms in total. The molecule has 0 aliphatic carbocycles. The van der Waals surface area contributed by atoms with Crippen LogP contribution in [0.4, 0.5) is 0 Å². The number of nitrogens with two attached hydrogens (primary N) is 1. The van der Waals surface area contributed by atoms with Crippen molar-refractivity contribution in [2.45, 2.75) is 13.3 Å². The van der Waals surface area contributed by atoms with Crippen molar-refractivity contribution in [3.05, 3.63) is 33.8 Å². The molecule has 0 bridgehead atoms. The van der Waals surface area contributed by atoms with Crippen molar-refractivity contribution in [3.8, 4) is 0 Å². The third kappa shape index (κ3) is 3.90. The maximum Gasteiger partial charge on any atom is 0.251 e. The Morgan fingerprint density at radius 3 is 2.81 bits per heavy atom. The van der Waals surface area contributed by atoms with Crippen LogP contribution in [0.5, 0.6) is 0 Å². The Morgan fingerprint density at radius 2 is 2.25 bits per heavy atom. The fraction of sp³-hybridized carbons (Fsp3) is 0.273. The summed E-state index contributed by atoms with van der Waals surface area (Å²) in [5, 5.41) is 2.75. The molecule has 0 aromatic heterocycles. The standard InChI is InChI=1S/C11H13BrN2OS/c1-7-2-3-8(6-9(7)12)11(15)14-5-4-10(13)16/h2-3,6H,4-5H2,1H3,(H2,13,16)(H,14,15). The first-order chi connectivity index (χ1) is 7.50. The minimum Gasteiger partial charge on any atom is -0.393 e. The first-order valence-corrected chi connectivity index (χ1v) is 6.03. The van der Waals surface area contributed by atoms with Gasteiger partial charge in [0.1, 0.15) is 0 Å². The molecule has 0 saturated carbocycles. The second-order valence-corrected chi connectivity index (χ2v) is 4.81. The van der Waals surface area contributed by atoms with Crippen LogP contribution in [0.25, 0.3) is 0 Å². The number of hydrogen-bond donors (Lipinski definition) is 2. The zero-order chi connectivity index (χ0) is 12.1. The molecule has 86 valence electrons. The zero-order valence-electron chi connectivity index (χ0n) is 8.92. The quantitative estimate of drug-likeness (QED) is 0.838. The predicted octanol–water partition coefficient (Wildman–Crippen LogP) is 2.16. The summed E-state index contributed by atoms with van der Waals surface area (Å²) in [6.45, 7) is 2.44. The normalized spacial score (nSPS) is 9.88. The number of benzene rings is 1. The van der Waals surface area contributed by atoms with Crippen LogP contribution in [-0.4, -0.2) is 17.4 Å². The van der Waals surface area contributed by atoms with Crippen molar-refractivity contribution in [2.24, 2.45) is 5.73 Å². The Balaban J connectivity index is 2.59. The molecule has 16 heavy (non-hydrogen) atoms. The zero-order valence-corrected chi connectivity index (χ0v) is 11.3. The predicted molar refractivity (Wildman–Crippen MR) is 72.6 cm³/mol. The minimum absolute atomic E-state index is 0.114. The molecule has 0 fully saturated rings. The summed E-state index contributed by atoms with van der Waals surface area (Å²) in [6, 6.07) is 5.48. The van der Waals surface area contributed by atoms with E-state index in [0.717, 1.165) is 10.0 Å². The smallest absolute Gasteiger partial charge is 0.251 e. The fourth-order valence-electron chi connectivity index (χ4n) is 1.14. The molecule has 0 spiro atoms. The van der Waals surface area contributed by atoms with Crippen molar-refractivity contribution in [1.29, 1.82) is 0 Å². The highest BCUT2D eigenvalue weighted by molar-refractivity contribution is 9.10. The number of carbonyl (C=O) groups is 1. The van der Waals surface area contributed by atoms with E-state index in [0.29, 0.717) is 23.5 Å². The summed E-state index contributed by atoms with van der Waals surface area (Å²) in [4.78, 5) is 12.1. The molecule has 0 unspecified atom stereocenters. The number of thiocarbonyl (C=S) groups is 1. The van der Waals surface area contributed by atoms with Gasteiger partial charge in [-0.05, 0) is 24.6 Å². The lowest BCUT2D eigenvalue weighted by Gasteiger charge is -2.06. The van der Waals surface area contributed by atoms with Gasteiger partial charge in [0.15, 0.2) is 0 Å². The number of rotatable bonds is 4. The van der Waals surface area contributed by atoms with Gasteiger partial charge in [-0.2, -0.15) is 0 Å². The van der Waals surface area contributed by atoms with Crippen molar-refractivity contribution in [1.82, 2.24) is 5.32 Å². The lowest BCUT2D eigenvalue weighted by Crippen LogP contribution is -2.27. The molecule has 0 atom stereocenters. The molecular weight excluding hydrogens is 288 g/mol. The second-order valence-electron chi connectivity index (χ2n) is 3.44. The van der Waals surface area contributed by atoms with Gasteiger partial charge in [-0.15, -0.1) is 0 Å². The van der Waals surface area contributed by atoms with E-state index in [4.69, 9.17) is 18.0 Å². The lowest BCUT2D eigenvalue weighted by atomic mass is 10.1. The van der Waals surface area contributed by atoms with E-state index < -0.39 is 0 Å². The van der Waals surface area contributed by atoms with E-state index in [1.54, 1.807) is 12.1 Å². The number of hydrogen-bond acceptors (Lipinski definition) is 2. The number of aryl methyl sites for hydroxylation is 1. The molecule has 3 N–H and O–H groups in total. The molecule has 1 aromatic carbocycles. The highest BCUT2D eigenvalue weighted by atomic mass is 79.9. The van der Waals surface area contributed by atoms with Gasteiger partial charge in [-0.1, -0.05) is 34.2 Å². The Labute approximate surface area is 109 Å². The van der Waals surface area contributed by atoms with Gasteiger partial charge in [0.25, 0.3) is 5.91 Å². The van der Waals surface area contributed by atoms with E-state index in [9.17, 15) is 4.79 Å². The van der Waals surface area contributed by atoms with Crippen LogP contribution in [-0.2, 0) is 0 Å². The van der Waals surface area contributed by atoms with Gasteiger partial charge in [-0.25, -0.2) is 0 Å². The average molecular weight is 301 g/mol. The highest BCUT2D eigenvalue weighted by Crippen LogP contribution is 2.17. The molecule has 5 heteroatoms. The van der Waals surface area contributed by atoms with Gasteiger partial charge in [0.05, 0.1) is 4.99 Å². The highest BCUT2D eigenvalue weighted by Gasteiger charge is 2.06. The van der Waals surface area contributed by atoms with Crippen molar-refractivity contribution in [2.75, 3.05) is 6.54 Å². The summed E-state index contributed by atoms with van der Waals surface area (Å²) in [6.07, 6.45) is 0.522. The van der Waals surface area contributed by atoms with E-state index >= 15 is 0 Å². The van der Waals surface area contributed by atoms with Gasteiger partial charge in [0.2, 0.25) is 0 Å². The van der Waals surface area contributed by atoms with Gasteiger partial charge < -0.3 is 11.1 Å². The van der Waals surface area contributed by atoms with Gasteiger partial charge in [0, 0.05) is 23.0 Å². The van der Waals surface area contributed by atoms with Crippen LogP contribution < -0.4 is 11.1 Å². The third-order valence-electron chi connectivity index (χ3n) is 2.09. The largest absolute Gasteiger partial charge is 0.393 e. The first-order valence-electron chi connectivity index (χ1n) is 4.83. The maximum atomic E-state index is 11.7. The number of carbonyl (C=O) groups excluding carboxylic acids is 1. The molecule has 0 aliphatic heterocycles. The summed E-state index contributed by atoms with van der Waals surface area (Å²) in [5.41, 5.74) is 7.06. The Bertz CT molecular complexity index is 420. The minimum atomic E-state index is -0.114. The van der Waals surface area contributed by atoms with Crippen molar-refractivity contribution >= 4 is 39.0 Å². The van der Waals surface area contributed by atoms with E-state index in [1.807, 2.05) is 13.0 Å². The van der Waals surface area contributed by atoms with E-state index in [-0.39, 0.29) is 5.91 Å². The third-order valence-corrected chi connectivity index (χ3v) is 3.15. The first kappa shape index (κ1) is 13.1.